The zero-order valence-corrected chi connectivity index (χ0v) is 13.7. The molecule has 118 valence electrons. The van der Waals surface area contributed by atoms with Crippen LogP contribution in [0.2, 0.25) is 0 Å². The van der Waals surface area contributed by atoms with Crippen LogP contribution in [0.3, 0.4) is 0 Å². The van der Waals surface area contributed by atoms with Gasteiger partial charge in [-0.25, -0.2) is 8.42 Å². The summed E-state index contributed by atoms with van der Waals surface area (Å²) >= 11 is 0. The lowest BCUT2D eigenvalue weighted by atomic mass is 9.99. The first-order valence-corrected chi connectivity index (χ1v) is 9.94. The van der Waals surface area contributed by atoms with Gasteiger partial charge in [0.2, 0.25) is 0 Å². The Morgan fingerprint density at radius 3 is 2.67 bits per heavy atom. The molecule has 2 unspecified atom stereocenters. The molecule has 0 spiro atoms. The number of unbranched alkanes of at least 4 members (excludes halogenated alkanes) is 2. The van der Waals surface area contributed by atoms with Gasteiger partial charge in [-0.05, 0) is 24.8 Å². The van der Waals surface area contributed by atoms with Crippen molar-refractivity contribution in [2.24, 2.45) is 0 Å². The Kier molecular flexibility index (Phi) is 6.24. The lowest BCUT2D eigenvalue weighted by Gasteiger charge is -2.29. The van der Waals surface area contributed by atoms with Gasteiger partial charge in [-0.15, -0.1) is 0 Å². The van der Waals surface area contributed by atoms with E-state index in [-0.39, 0.29) is 12.1 Å². The van der Waals surface area contributed by atoms with Crippen LogP contribution in [0.4, 0.5) is 0 Å². The summed E-state index contributed by atoms with van der Waals surface area (Å²) in [5.74, 6) is 0.654. The molecule has 1 aliphatic rings. The van der Waals surface area contributed by atoms with Gasteiger partial charge < -0.3 is 5.32 Å². The van der Waals surface area contributed by atoms with Crippen molar-refractivity contribution in [3.63, 3.8) is 0 Å². The van der Waals surface area contributed by atoms with Gasteiger partial charge in [0, 0.05) is 12.1 Å². The Morgan fingerprint density at radius 1 is 1.24 bits per heavy atom. The SMILES string of the molecule is CCCCCC(NC1CCCS(=O)(=O)C1)c1ccccc1. The zero-order chi connectivity index (χ0) is 15.1. The predicted molar refractivity (Wildman–Crippen MR) is 88.1 cm³/mol. The van der Waals surface area contributed by atoms with Crippen molar-refractivity contribution in [2.75, 3.05) is 11.5 Å². The largest absolute Gasteiger partial charge is 0.306 e. The molecule has 2 atom stereocenters. The van der Waals surface area contributed by atoms with Crippen molar-refractivity contribution in [1.82, 2.24) is 5.32 Å². The topological polar surface area (TPSA) is 46.2 Å². The quantitative estimate of drug-likeness (QED) is 0.784. The molecule has 3 nitrogen and oxygen atoms in total. The second-order valence-electron chi connectivity index (χ2n) is 6.08. The minimum atomic E-state index is -2.85. The Hall–Kier alpha value is -0.870. The van der Waals surface area contributed by atoms with E-state index >= 15 is 0 Å². The fraction of sp³-hybridized carbons (Fsp3) is 0.647. The zero-order valence-electron chi connectivity index (χ0n) is 12.9. The number of sulfone groups is 1. The van der Waals surface area contributed by atoms with E-state index in [9.17, 15) is 8.42 Å². The van der Waals surface area contributed by atoms with Crippen LogP contribution in [0.1, 0.15) is 57.1 Å². The first-order valence-electron chi connectivity index (χ1n) is 8.12. The normalized spacial score (nSPS) is 22.8. The van der Waals surface area contributed by atoms with Crippen molar-refractivity contribution in [3.05, 3.63) is 35.9 Å². The average Bonchev–Trinajstić information content (AvgIpc) is 2.46. The molecule has 0 amide bonds. The molecular weight excluding hydrogens is 282 g/mol. The van der Waals surface area contributed by atoms with Gasteiger partial charge in [0.05, 0.1) is 11.5 Å². The van der Waals surface area contributed by atoms with Crippen LogP contribution in [-0.4, -0.2) is 26.0 Å². The van der Waals surface area contributed by atoms with Crippen LogP contribution < -0.4 is 5.32 Å². The van der Waals surface area contributed by atoms with E-state index in [4.69, 9.17) is 0 Å². The minimum absolute atomic E-state index is 0.107. The number of hydrogen-bond acceptors (Lipinski definition) is 3. The van der Waals surface area contributed by atoms with E-state index < -0.39 is 9.84 Å². The number of hydrogen-bond donors (Lipinski definition) is 1. The van der Waals surface area contributed by atoms with E-state index in [1.807, 2.05) is 6.07 Å². The molecule has 0 aromatic heterocycles. The average molecular weight is 309 g/mol. The second-order valence-corrected chi connectivity index (χ2v) is 8.31. The highest BCUT2D eigenvalue weighted by Gasteiger charge is 2.26. The van der Waals surface area contributed by atoms with Gasteiger partial charge in [0.25, 0.3) is 0 Å². The Balaban J connectivity index is 2.01. The van der Waals surface area contributed by atoms with Crippen molar-refractivity contribution < 1.29 is 8.42 Å². The maximum Gasteiger partial charge on any atom is 0.151 e. The standard InChI is InChI=1S/C17H27NO2S/c1-2-3-5-12-17(15-9-6-4-7-10-15)18-16-11-8-13-21(19,20)14-16/h4,6-7,9-10,16-18H,2-3,5,8,11-14H2,1H3. The Bertz CT molecular complexity index is 513. The van der Waals surface area contributed by atoms with Crippen LogP contribution in [0.25, 0.3) is 0 Å². The third-order valence-electron chi connectivity index (χ3n) is 4.20. The second kappa shape index (κ2) is 7.95. The van der Waals surface area contributed by atoms with Gasteiger partial charge in [0.15, 0.2) is 9.84 Å². The lowest BCUT2D eigenvalue weighted by Crippen LogP contribution is -2.42. The van der Waals surface area contributed by atoms with E-state index in [2.05, 4.69) is 36.5 Å². The Labute approximate surface area is 129 Å². The van der Waals surface area contributed by atoms with Crippen LogP contribution in [0.15, 0.2) is 30.3 Å². The smallest absolute Gasteiger partial charge is 0.151 e. The highest BCUT2D eigenvalue weighted by atomic mass is 32.2. The third kappa shape index (κ3) is 5.44. The van der Waals surface area contributed by atoms with E-state index in [1.165, 1.54) is 24.8 Å². The van der Waals surface area contributed by atoms with E-state index in [1.54, 1.807) is 0 Å². The minimum Gasteiger partial charge on any atom is -0.306 e. The third-order valence-corrected chi connectivity index (χ3v) is 6.02. The number of rotatable bonds is 7. The molecule has 1 saturated heterocycles. The van der Waals surface area contributed by atoms with Crippen molar-refractivity contribution in [1.29, 1.82) is 0 Å². The molecule has 21 heavy (non-hydrogen) atoms. The number of benzene rings is 1. The molecule has 1 N–H and O–H groups in total. The molecule has 2 rings (SSSR count). The van der Waals surface area contributed by atoms with Crippen molar-refractivity contribution in [2.45, 2.75) is 57.5 Å². The first-order chi connectivity index (χ1) is 10.1. The van der Waals surface area contributed by atoms with E-state index in [0.717, 1.165) is 19.3 Å². The molecule has 0 saturated carbocycles. The van der Waals surface area contributed by atoms with Gasteiger partial charge in [-0.1, -0.05) is 56.5 Å². The fourth-order valence-corrected chi connectivity index (χ4v) is 4.72. The molecule has 0 aliphatic carbocycles. The monoisotopic (exact) mass is 309 g/mol. The summed E-state index contributed by atoms with van der Waals surface area (Å²) < 4.78 is 23.6. The van der Waals surface area contributed by atoms with E-state index in [0.29, 0.717) is 11.5 Å². The van der Waals surface area contributed by atoms with Crippen LogP contribution in [0, 0.1) is 0 Å². The summed E-state index contributed by atoms with van der Waals surface area (Å²) in [6.45, 7) is 2.21. The van der Waals surface area contributed by atoms with Crippen LogP contribution >= 0.6 is 0 Å². The summed E-state index contributed by atoms with van der Waals surface area (Å²) in [5.41, 5.74) is 1.27. The van der Waals surface area contributed by atoms with Crippen molar-refractivity contribution >= 4 is 9.84 Å². The molecule has 1 aromatic carbocycles. The summed E-state index contributed by atoms with van der Waals surface area (Å²) in [5, 5.41) is 3.61. The molecule has 4 heteroatoms. The molecule has 1 heterocycles. The van der Waals surface area contributed by atoms with Gasteiger partial charge in [0.1, 0.15) is 0 Å². The van der Waals surface area contributed by atoms with Gasteiger partial charge in [-0.3, -0.25) is 0 Å². The fourth-order valence-electron chi connectivity index (χ4n) is 3.07. The molecule has 0 radical (unpaired) electrons. The lowest BCUT2D eigenvalue weighted by molar-refractivity contribution is 0.395. The predicted octanol–water partition coefficient (Wildman–Crippen LogP) is 3.47. The summed E-state index contributed by atoms with van der Waals surface area (Å²) in [4.78, 5) is 0. The molecular formula is C17H27NO2S. The molecule has 1 fully saturated rings. The maximum absolute atomic E-state index is 11.8. The molecule has 1 aliphatic heterocycles. The highest BCUT2D eigenvalue weighted by molar-refractivity contribution is 7.91. The molecule has 0 bridgehead atoms. The summed E-state index contributed by atoms with van der Waals surface area (Å²) in [6, 6.07) is 10.8. The van der Waals surface area contributed by atoms with Crippen molar-refractivity contribution in [3.8, 4) is 0 Å². The summed E-state index contributed by atoms with van der Waals surface area (Å²) in [7, 11) is -2.85. The van der Waals surface area contributed by atoms with Crippen LogP contribution in [0.5, 0.6) is 0 Å². The summed E-state index contributed by atoms with van der Waals surface area (Å²) in [6.07, 6.45) is 6.46. The highest BCUT2D eigenvalue weighted by Crippen LogP contribution is 2.23. The first kappa shape index (κ1) is 16.5. The van der Waals surface area contributed by atoms with Gasteiger partial charge >= 0.3 is 0 Å². The Morgan fingerprint density at radius 2 is 2.00 bits per heavy atom. The number of nitrogens with one attached hydrogen (secondary N) is 1. The van der Waals surface area contributed by atoms with Crippen LogP contribution in [-0.2, 0) is 9.84 Å². The van der Waals surface area contributed by atoms with Gasteiger partial charge in [-0.2, -0.15) is 0 Å². The maximum atomic E-state index is 11.8. The molecule has 1 aromatic rings.